The first-order valence-electron chi connectivity index (χ1n) is 8.26. The quantitative estimate of drug-likeness (QED) is 0.623. The largest absolute Gasteiger partial charge is 0.465 e. The highest BCUT2D eigenvalue weighted by atomic mass is 16.5. The van der Waals surface area contributed by atoms with Crippen LogP contribution in [0.1, 0.15) is 42.7 Å². The fraction of sp³-hybridized carbons (Fsp3) is 0.350. The first-order valence-corrected chi connectivity index (χ1v) is 8.26. The lowest BCUT2D eigenvalue weighted by Crippen LogP contribution is -2.12. The van der Waals surface area contributed by atoms with Gasteiger partial charge < -0.3 is 9.84 Å². The highest BCUT2D eigenvalue weighted by molar-refractivity contribution is 5.79. The lowest BCUT2D eigenvalue weighted by Gasteiger charge is -2.14. The summed E-state index contributed by atoms with van der Waals surface area (Å²) in [7, 11) is 0. The Labute approximate surface area is 136 Å². The van der Waals surface area contributed by atoms with E-state index >= 15 is 0 Å². The van der Waals surface area contributed by atoms with Crippen LogP contribution in [0.25, 0.3) is 11.1 Å². The van der Waals surface area contributed by atoms with Crippen LogP contribution in [0.5, 0.6) is 0 Å². The second-order valence-electron chi connectivity index (χ2n) is 5.94. The number of ether oxygens (including phenoxy) is 1. The third-order valence-electron chi connectivity index (χ3n) is 4.41. The maximum absolute atomic E-state index is 11.9. The highest BCUT2D eigenvalue weighted by Crippen LogP contribution is 2.44. The van der Waals surface area contributed by atoms with Crippen LogP contribution in [0.4, 0.5) is 0 Å². The number of esters is 1. The molecule has 0 atom stereocenters. The predicted octanol–water partition coefficient (Wildman–Crippen LogP) is 3.89. The number of hydrogen-bond donors (Lipinski definition) is 1. The minimum atomic E-state index is -0.148. The fourth-order valence-electron chi connectivity index (χ4n) is 3.25. The molecule has 0 saturated heterocycles. The van der Waals surface area contributed by atoms with Gasteiger partial charge in [0.25, 0.3) is 0 Å². The molecule has 0 spiro atoms. The van der Waals surface area contributed by atoms with Gasteiger partial charge in [0.05, 0.1) is 0 Å². The fourth-order valence-corrected chi connectivity index (χ4v) is 3.25. The maximum Gasteiger partial charge on any atom is 0.305 e. The van der Waals surface area contributed by atoms with Crippen molar-refractivity contribution in [3.63, 3.8) is 0 Å². The van der Waals surface area contributed by atoms with Crippen LogP contribution < -0.4 is 0 Å². The van der Waals surface area contributed by atoms with Gasteiger partial charge >= 0.3 is 5.97 Å². The van der Waals surface area contributed by atoms with Crippen molar-refractivity contribution in [1.82, 2.24) is 0 Å². The van der Waals surface area contributed by atoms with E-state index in [0.717, 1.165) is 19.3 Å². The van der Waals surface area contributed by atoms with Crippen LogP contribution >= 0.6 is 0 Å². The summed E-state index contributed by atoms with van der Waals surface area (Å²) in [5.41, 5.74) is 4.96. The number of hydrogen-bond acceptors (Lipinski definition) is 3. The van der Waals surface area contributed by atoms with E-state index in [0.29, 0.717) is 13.0 Å². The van der Waals surface area contributed by atoms with Gasteiger partial charge in [0.15, 0.2) is 0 Å². The zero-order valence-corrected chi connectivity index (χ0v) is 13.2. The predicted molar refractivity (Wildman–Crippen MR) is 90.2 cm³/mol. The summed E-state index contributed by atoms with van der Waals surface area (Å²) in [4.78, 5) is 11.9. The third kappa shape index (κ3) is 3.45. The van der Waals surface area contributed by atoms with E-state index in [9.17, 15) is 4.79 Å². The number of benzene rings is 2. The molecule has 0 saturated carbocycles. The van der Waals surface area contributed by atoms with E-state index in [1.807, 2.05) is 24.3 Å². The van der Waals surface area contributed by atoms with E-state index in [1.165, 1.54) is 22.3 Å². The van der Waals surface area contributed by atoms with Crippen molar-refractivity contribution in [2.45, 2.75) is 31.6 Å². The van der Waals surface area contributed by atoms with Crippen molar-refractivity contribution >= 4 is 5.97 Å². The van der Waals surface area contributed by atoms with E-state index in [2.05, 4.69) is 24.3 Å². The average Bonchev–Trinajstić information content (AvgIpc) is 2.91. The summed E-state index contributed by atoms with van der Waals surface area (Å²) in [6.07, 6.45) is 2.81. The molecule has 3 rings (SSSR count). The lowest BCUT2D eigenvalue weighted by atomic mass is 9.98. The number of carbonyl (C=O) groups excluding carboxylic acids is 1. The number of carbonyl (C=O) groups is 1. The molecule has 3 heteroatoms. The first kappa shape index (κ1) is 15.8. The molecule has 120 valence electrons. The Morgan fingerprint density at radius 2 is 1.52 bits per heavy atom. The highest BCUT2D eigenvalue weighted by Gasteiger charge is 2.28. The molecule has 0 unspecified atom stereocenters. The van der Waals surface area contributed by atoms with Crippen LogP contribution in [0, 0.1) is 0 Å². The lowest BCUT2D eigenvalue weighted by molar-refractivity contribution is -0.144. The summed E-state index contributed by atoms with van der Waals surface area (Å²) in [6, 6.07) is 16.7. The van der Waals surface area contributed by atoms with Gasteiger partial charge in [0, 0.05) is 18.9 Å². The molecule has 0 bridgehead atoms. The molecule has 1 aliphatic rings. The Balaban J connectivity index is 1.65. The Morgan fingerprint density at radius 1 is 0.913 bits per heavy atom. The molecule has 0 amide bonds. The van der Waals surface area contributed by atoms with Gasteiger partial charge in [-0.2, -0.15) is 0 Å². The van der Waals surface area contributed by atoms with Gasteiger partial charge in [-0.15, -0.1) is 0 Å². The van der Waals surface area contributed by atoms with Crippen molar-refractivity contribution in [1.29, 1.82) is 0 Å². The Bertz CT molecular complexity index is 633. The Morgan fingerprint density at radius 3 is 2.13 bits per heavy atom. The zero-order chi connectivity index (χ0) is 16.1. The SMILES string of the molecule is O=C(CCCCCO)OCC1c2ccccc2-c2ccccc21. The second kappa shape index (κ2) is 7.42. The zero-order valence-electron chi connectivity index (χ0n) is 13.2. The minimum Gasteiger partial charge on any atom is -0.465 e. The maximum atomic E-state index is 11.9. The summed E-state index contributed by atoms with van der Waals surface area (Å²) in [5.74, 6) is -0.0198. The van der Waals surface area contributed by atoms with E-state index < -0.39 is 0 Å². The molecule has 1 aliphatic carbocycles. The molecule has 0 fully saturated rings. The van der Waals surface area contributed by atoms with Gasteiger partial charge in [-0.05, 0) is 35.1 Å². The Hall–Kier alpha value is -2.13. The van der Waals surface area contributed by atoms with Crippen LogP contribution in [0.15, 0.2) is 48.5 Å². The first-order chi connectivity index (χ1) is 11.3. The molecule has 0 aliphatic heterocycles. The van der Waals surface area contributed by atoms with E-state index in [-0.39, 0.29) is 18.5 Å². The molecule has 2 aromatic carbocycles. The van der Waals surface area contributed by atoms with Gasteiger partial charge in [0.1, 0.15) is 6.61 Å². The second-order valence-corrected chi connectivity index (χ2v) is 5.94. The van der Waals surface area contributed by atoms with Crippen LogP contribution in [0.3, 0.4) is 0 Å². The minimum absolute atomic E-state index is 0.129. The van der Waals surface area contributed by atoms with Gasteiger partial charge in [0.2, 0.25) is 0 Å². The molecule has 2 aromatic rings. The summed E-state index contributed by atoms with van der Waals surface area (Å²) < 4.78 is 5.52. The van der Waals surface area contributed by atoms with Crippen LogP contribution in [-0.4, -0.2) is 24.3 Å². The normalized spacial score (nSPS) is 12.7. The van der Waals surface area contributed by atoms with E-state index in [4.69, 9.17) is 9.84 Å². The topological polar surface area (TPSA) is 46.5 Å². The number of rotatable bonds is 7. The molecule has 1 N–H and O–H groups in total. The molecule has 0 heterocycles. The molecule has 0 aromatic heterocycles. The van der Waals surface area contributed by atoms with E-state index in [1.54, 1.807) is 0 Å². The van der Waals surface area contributed by atoms with Crippen molar-refractivity contribution in [3.8, 4) is 11.1 Å². The third-order valence-corrected chi connectivity index (χ3v) is 4.41. The smallest absolute Gasteiger partial charge is 0.305 e. The van der Waals surface area contributed by atoms with Gasteiger partial charge in [-0.25, -0.2) is 0 Å². The number of aliphatic hydroxyl groups is 1. The summed E-state index contributed by atoms with van der Waals surface area (Å²) in [6.45, 7) is 0.581. The van der Waals surface area contributed by atoms with Crippen LogP contribution in [-0.2, 0) is 9.53 Å². The van der Waals surface area contributed by atoms with Crippen molar-refractivity contribution in [2.24, 2.45) is 0 Å². The van der Waals surface area contributed by atoms with Crippen LogP contribution in [0.2, 0.25) is 0 Å². The number of unbranched alkanes of at least 4 members (excludes halogenated alkanes) is 2. The molecule has 23 heavy (non-hydrogen) atoms. The molecular weight excluding hydrogens is 288 g/mol. The van der Waals surface area contributed by atoms with Gasteiger partial charge in [-0.1, -0.05) is 55.0 Å². The average molecular weight is 310 g/mol. The molecule has 0 radical (unpaired) electrons. The number of aliphatic hydroxyl groups excluding tert-OH is 1. The summed E-state index contributed by atoms with van der Waals surface area (Å²) >= 11 is 0. The van der Waals surface area contributed by atoms with Gasteiger partial charge in [-0.3, -0.25) is 4.79 Å². The Kier molecular flexibility index (Phi) is 5.09. The monoisotopic (exact) mass is 310 g/mol. The van der Waals surface area contributed by atoms with Crippen molar-refractivity contribution < 1.29 is 14.6 Å². The summed E-state index contributed by atoms with van der Waals surface area (Å²) in [5, 5.41) is 8.75. The molecular formula is C20H22O3. The molecule has 3 nitrogen and oxygen atoms in total. The number of fused-ring (bicyclic) bond motifs is 3. The van der Waals surface area contributed by atoms with Crippen molar-refractivity contribution in [2.75, 3.05) is 13.2 Å². The van der Waals surface area contributed by atoms with Crippen molar-refractivity contribution in [3.05, 3.63) is 59.7 Å². The standard InChI is InChI=1S/C20H22O3/c21-13-7-1-2-12-20(22)23-14-19-17-10-5-3-8-15(17)16-9-4-6-11-18(16)19/h3-6,8-11,19,21H,1-2,7,12-14H2.